The fraction of sp³-hybridized carbons (Fsp3) is 1.00. The van der Waals surface area contributed by atoms with Gasteiger partial charge in [0.2, 0.25) is 0 Å². The molecule has 100 valence electrons. The molecule has 4 atom stereocenters. The molecule has 4 unspecified atom stereocenters. The maximum atomic E-state index is 9.69. The predicted molar refractivity (Wildman–Crippen MR) is 69.9 cm³/mol. The number of ether oxygens (including phenoxy) is 1. The smallest absolute Gasteiger partial charge is 0.0613 e. The highest BCUT2D eigenvalue weighted by Gasteiger charge is 2.36. The molecule has 0 spiro atoms. The molecule has 0 aliphatic heterocycles. The second-order valence-electron chi connectivity index (χ2n) is 6.99. The molecule has 2 fully saturated rings. The molecule has 2 saturated carbocycles. The Kier molecular flexibility index (Phi) is 4.14. The van der Waals surface area contributed by atoms with Crippen LogP contribution in [-0.2, 0) is 4.74 Å². The van der Waals surface area contributed by atoms with E-state index in [9.17, 15) is 5.11 Å². The molecular weight excluding hydrogens is 212 g/mol. The highest BCUT2D eigenvalue weighted by molar-refractivity contribution is 4.87. The Morgan fingerprint density at radius 1 is 1.18 bits per heavy atom. The van der Waals surface area contributed by atoms with E-state index < -0.39 is 5.60 Å². The molecule has 2 aliphatic carbocycles. The predicted octanol–water partition coefficient (Wildman–Crippen LogP) is 3.38. The molecule has 1 N–H and O–H groups in total. The summed E-state index contributed by atoms with van der Waals surface area (Å²) in [6.45, 7) is 6.81. The van der Waals surface area contributed by atoms with Gasteiger partial charge in [0.25, 0.3) is 0 Å². The Labute approximate surface area is 106 Å². The molecular formula is C15H28O2. The SMILES string of the molecule is CC1CC2CCC(OCCC(C)(C)O)C(C1)C2. The average Bonchev–Trinajstić information content (AvgIpc) is 2.19. The lowest BCUT2D eigenvalue weighted by Gasteiger charge is -2.42. The van der Waals surface area contributed by atoms with Gasteiger partial charge in [-0.1, -0.05) is 6.92 Å². The fourth-order valence-electron chi connectivity index (χ4n) is 3.66. The number of aliphatic hydroxyl groups is 1. The van der Waals surface area contributed by atoms with Gasteiger partial charge in [0.15, 0.2) is 0 Å². The maximum Gasteiger partial charge on any atom is 0.0613 e. The minimum absolute atomic E-state index is 0.469. The first kappa shape index (κ1) is 13.4. The van der Waals surface area contributed by atoms with Crippen LogP contribution < -0.4 is 0 Å². The van der Waals surface area contributed by atoms with E-state index in [1.54, 1.807) is 0 Å². The summed E-state index contributed by atoms with van der Waals surface area (Å²) in [4.78, 5) is 0. The van der Waals surface area contributed by atoms with Crippen molar-refractivity contribution < 1.29 is 9.84 Å². The highest BCUT2D eigenvalue weighted by Crippen LogP contribution is 2.43. The zero-order chi connectivity index (χ0) is 12.5. The van der Waals surface area contributed by atoms with Crippen LogP contribution in [0.15, 0.2) is 0 Å². The molecule has 0 aromatic heterocycles. The molecule has 0 amide bonds. The molecule has 0 heterocycles. The van der Waals surface area contributed by atoms with E-state index in [1.165, 1.54) is 32.1 Å². The van der Waals surface area contributed by atoms with Gasteiger partial charge in [0, 0.05) is 6.61 Å². The summed E-state index contributed by atoms with van der Waals surface area (Å²) in [5.41, 5.74) is -0.586. The summed E-state index contributed by atoms with van der Waals surface area (Å²) in [6.07, 6.45) is 7.99. The minimum Gasteiger partial charge on any atom is -0.390 e. The van der Waals surface area contributed by atoms with Gasteiger partial charge in [0.05, 0.1) is 11.7 Å². The molecule has 2 aliphatic rings. The molecule has 17 heavy (non-hydrogen) atoms. The van der Waals surface area contributed by atoms with Crippen molar-refractivity contribution in [2.24, 2.45) is 17.8 Å². The van der Waals surface area contributed by atoms with E-state index in [0.29, 0.717) is 12.7 Å². The van der Waals surface area contributed by atoms with Crippen LogP contribution in [0.4, 0.5) is 0 Å². The number of fused-ring (bicyclic) bond motifs is 2. The summed E-state index contributed by atoms with van der Waals surface area (Å²) in [5, 5.41) is 9.69. The Morgan fingerprint density at radius 2 is 1.94 bits per heavy atom. The van der Waals surface area contributed by atoms with Crippen molar-refractivity contribution in [3.8, 4) is 0 Å². The quantitative estimate of drug-likeness (QED) is 0.816. The van der Waals surface area contributed by atoms with Crippen LogP contribution in [0.2, 0.25) is 0 Å². The summed E-state index contributed by atoms with van der Waals surface area (Å²) >= 11 is 0. The number of hydrogen-bond donors (Lipinski definition) is 1. The molecule has 2 heteroatoms. The van der Waals surface area contributed by atoms with Crippen LogP contribution in [0.3, 0.4) is 0 Å². The first-order chi connectivity index (χ1) is 7.94. The second-order valence-corrected chi connectivity index (χ2v) is 6.99. The molecule has 0 aromatic carbocycles. The molecule has 2 nitrogen and oxygen atoms in total. The molecule has 2 bridgehead atoms. The molecule has 2 rings (SSSR count). The van der Waals surface area contributed by atoms with Crippen molar-refractivity contribution in [1.82, 2.24) is 0 Å². The Hall–Kier alpha value is -0.0800. The van der Waals surface area contributed by atoms with Crippen molar-refractivity contribution in [3.05, 3.63) is 0 Å². The summed E-state index contributed by atoms with van der Waals surface area (Å²) in [5.74, 6) is 2.65. The fourth-order valence-corrected chi connectivity index (χ4v) is 3.66. The van der Waals surface area contributed by atoms with Crippen molar-refractivity contribution >= 4 is 0 Å². The van der Waals surface area contributed by atoms with Gasteiger partial charge in [-0.05, 0) is 70.1 Å². The van der Waals surface area contributed by atoms with Crippen molar-refractivity contribution in [3.63, 3.8) is 0 Å². The van der Waals surface area contributed by atoms with Crippen molar-refractivity contribution in [2.45, 2.75) is 71.0 Å². The van der Waals surface area contributed by atoms with Crippen molar-refractivity contribution in [2.75, 3.05) is 6.61 Å². The largest absolute Gasteiger partial charge is 0.390 e. The zero-order valence-corrected chi connectivity index (χ0v) is 11.6. The highest BCUT2D eigenvalue weighted by atomic mass is 16.5. The third kappa shape index (κ3) is 3.96. The van der Waals surface area contributed by atoms with Crippen LogP contribution in [-0.4, -0.2) is 23.4 Å². The maximum absolute atomic E-state index is 9.69. The van der Waals surface area contributed by atoms with Crippen LogP contribution in [0, 0.1) is 17.8 Å². The van der Waals surface area contributed by atoms with Crippen LogP contribution in [0.25, 0.3) is 0 Å². The van der Waals surface area contributed by atoms with Crippen LogP contribution in [0.5, 0.6) is 0 Å². The Morgan fingerprint density at radius 3 is 2.65 bits per heavy atom. The monoisotopic (exact) mass is 240 g/mol. The topological polar surface area (TPSA) is 29.5 Å². The number of hydrogen-bond acceptors (Lipinski definition) is 2. The van der Waals surface area contributed by atoms with E-state index in [-0.39, 0.29) is 0 Å². The minimum atomic E-state index is -0.586. The van der Waals surface area contributed by atoms with E-state index in [0.717, 1.165) is 24.2 Å². The normalized spacial score (nSPS) is 38.1. The average molecular weight is 240 g/mol. The molecule has 0 radical (unpaired) electrons. The van der Waals surface area contributed by atoms with Crippen LogP contribution in [0.1, 0.15) is 59.3 Å². The van der Waals surface area contributed by atoms with E-state index >= 15 is 0 Å². The third-order valence-electron chi connectivity index (χ3n) is 4.51. The molecule has 0 aromatic rings. The summed E-state index contributed by atoms with van der Waals surface area (Å²) < 4.78 is 6.03. The first-order valence-electron chi connectivity index (χ1n) is 7.28. The zero-order valence-electron chi connectivity index (χ0n) is 11.6. The van der Waals surface area contributed by atoms with Gasteiger partial charge < -0.3 is 9.84 Å². The lowest BCUT2D eigenvalue weighted by molar-refractivity contribution is -0.0641. The first-order valence-corrected chi connectivity index (χ1v) is 7.28. The van der Waals surface area contributed by atoms with E-state index in [4.69, 9.17) is 4.74 Å². The van der Waals surface area contributed by atoms with Gasteiger partial charge in [-0.15, -0.1) is 0 Å². The van der Waals surface area contributed by atoms with Gasteiger partial charge in [0.1, 0.15) is 0 Å². The third-order valence-corrected chi connectivity index (χ3v) is 4.51. The standard InChI is InChI=1S/C15H28O2/c1-11-8-12-4-5-14(13(9-11)10-12)17-7-6-15(2,3)16/h11-14,16H,4-10H2,1-3H3. The van der Waals surface area contributed by atoms with Gasteiger partial charge >= 0.3 is 0 Å². The second kappa shape index (κ2) is 5.27. The Bertz CT molecular complexity index is 242. The Balaban J connectivity index is 1.77. The van der Waals surface area contributed by atoms with E-state index in [1.807, 2.05) is 13.8 Å². The van der Waals surface area contributed by atoms with Gasteiger partial charge in [-0.3, -0.25) is 0 Å². The van der Waals surface area contributed by atoms with E-state index in [2.05, 4.69) is 6.92 Å². The van der Waals surface area contributed by atoms with Crippen LogP contribution >= 0.6 is 0 Å². The summed E-state index contributed by atoms with van der Waals surface area (Å²) in [6, 6.07) is 0. The lowest BCUT2D eigenvalue weighted by atomic mass is 9.67. The van der Waals surface area contributed by atoms with Gasteiger partial charge in [-0.2, -0.15) is 0 Å². The number of rotatable bonds is 4. The molecule has 0 saturated heterocycles. The van der Waals surface area contributed by atoms with Gasteiger partial charge in [-0.25, -0.2) is 0 Å². The lowest BCUT2D eigenvalue weighted by Crippen LogP contribution is -2.37. The summed E-state index contributed by atoms with van der Waals surface area (Å²) in [7, 11) is 0. The van der Waals surface area contributed by atoms with Crippen molar-refractivity contribution in [1.29, 1.82) is 0 Å².